The summed E-state index contributed by atoms with van der Waals surface area (Å²) in [6.45, 7) is 3.75. The van der Waals surface area contributed by atoms with Gasteiger partial charge in [-0.05, 0) is 32.0 Å². The Balaban J connectivity index is 2.52. The highest BCUT2D eigenvalue weighted by molar-refractivity contribution is 9.10. The number of nitrogens with two attached hydrogens (primary N) is 1. The van der Waals surface area contributed by atoms with Crippen LogP contribution in [0.1, 0.15) is 24.2 Å². The molecule has 2 aromatic rings. The highest BCUT2D eigenvalue weighted by Crippen LogP contribution is 2.27. The van der Waals surface area contributed by atoms with Gasteiger partial charge in [-0.25, -0.2) is 14.4 Å². The Morgan fingerprint density at radius 1 is 1.39 bits per heavy atom. The molecule has 2 N–H and O–H groups in total. The molecule has 94 valence electrons. The van der Waals surface area contributed by atoms with E-state index in [9.17, 15) is 4.39 Å². The average molecular weight is 310 g/mol. The van der Waals surface area contributed by atoms with Crippen LogP contribution < -0.4 is 5.73 Å². The van der Waals surface area contributed by atoms with Gasteiger partial charge in [0.1, 0.15) is 5.82 Å². The van der Waals surface area contributed by atoms with Gasteiger partial charge in [0, 0.05) is 33.5 Å². The fraction of sp³-hybridized carbons (Fsp3) is 0.231. The number of hydrogen-bond donors (Lipinski definition) is 1. The van der Waals surface area contributed by atoms with Crippen LogP contribution in [0, 0.1) is 12.7 Å². The normalized spacial score (nSPS) is 12.5. The molecular weight excluding hydrogens is 297 g/mol. The van der Waals surface area contributed by atoms with E-state index >= 15 is 0 Å². The predicted octanol–water partition coefficient (Wildman–Crippen LogP) is 3.37. The van der Waals surface area contributed by atoms with Crippen molar-refractivity contribution >= 4 is 15.9 Å². The Morgan fingerprint density at radius 2 is 2.11 bits per heavy atom. The standard InChI is InChI=1S/C13H13BrFN3/c1-7(16)11-6-17-13(18-8(11)2)10-5-9(15)3-4-12(10)14/h3-7H,16H2,1-2H3/t7-/m1/s1. The molecule has 0 amide bonds. The summed E-state index contributed by atoms with van der Waals surface area (Å²) >= 11 is 3.37. The molecule has 0 saturated heterocycles. The molecule has 2 rings (SSSR count). The van der Waals surface area contributed by atoms with Gasteiger partial charge in [-0.1, -0.05) is 15.9 Å². The number of halogens is 2. The largest absolute Gasteiger partial charge is 0.324 e. The van der Waals surface area contributed by atoms with Crippen molar-refractivity contribution in [2.45, 2.75) is 19.9 Å². The lowest BCUT2D eigenvalue weighted by atomic mass is 10.1. The molecule has 1 heterocycles. The average Bonchev–Trinajstić information content (AvgIpc) is 2.31. The van der Waals surface area contributed by atoms with E-state index < -0.39 is 0 Å². The molecular formula is C13H13BrFN3. The number of aryl methyl sites for hydroxylation is 1. The Hall–Kier alpha value is -1.33. The fourth-order valence-corrected chi connectivity index (χ4v) is 2.15. The molecule has 0 spiro atoms. The second kappa shape index (κ2) is 5.12. The molecule has 1 aromatic heterocycles. The molecule has 0 radical (unpaired) electrons. The molecule has 0 unspecified atom stereocenters. The number of nitrogens with zero attached hydrogens (tertiary/aromatic N) is 2. The summed E-state index contributed by atoms with van der Waals surface area (Å²) in [4.78, 5) is 8.62. The highest BCUT2D eigenvalue weighted by atomic mass is 79.9. The lowest BCUT2D eigenvalue weighted by molar-refractivity contribution is 0.628. The molecule has 0 aliphatic carbocycles. The van der Waals surface area contributed by atoms with Crippen molar-refractivity contribution in [2.75, 3.05) is 0 Å². The minimum atomic E-state index is -0.314. The van der Waals surface area contributed by atoms with Crippen molar-refractivity contribution in [3.05, 3.63) is 45.9 Å². The monoisotopic (exact) mass is 309 g/mol. The van der Waals surface area contributed by atoms with Crippen molar-refractivity contribution < 1.29 is 4.39 Å². The van der Waals surface area contributed by atoms with E-state index in [1.54, 1.807) is 12.3 Å². The van der Waals surface area contributed by atoms with E-state index in [1.165, 1.54) is 12.1 Å². The summed E-state index contributed by atoms with van der Waals surface area (Å²) in [6, 6.07) is 4.32. The molecule has 0 bridgehead atoms. The third-order valence-electron chi connectivity index (χ3n) is 2.68. The Labute approximate surface area is 113 Å². The van der Waals surface area contributed by atoms with Gasteiger partial charge in [-0.3, -0.25) is 0 Å². The molecule has 1 atom stereocenters. The van der Waals surface area contributed by atoms with E-state index in [4.69, 9.17) is 5.73 Å². The van der Waals surface area contributed by atoms with Crippen LogP contribution in [-0.4, -0.2) is 9.97 Å². The summed E-state index contributed by atoms with van der Waals surface area (Å²) in [5, 5.41) is 0. The van der Waals surface area contributed by atoms with Gasteiger partial charge in [0.2, 0.25) is 0 Å². The topological polar surface area (TPSA) is 51.8 Å². The zero-order chi connectivity index (χ0) is 13.3. The third-order valence-corrected chi connectivity index (χ3v) is 3.37. The van der Waals surface area contributed by atoms with E-state index in [2.05, 4.69) is 25.9 Å². The fourth-order valence-electron chi connectivity index (χ4n) is 1.72. The molecule has 3 nitrogen and oxygen atoms in total. The van der Waals surface area contributed by atoms with E-state index in [0.717, 1.165) is 15.7 Å². The third kappa shape index (κ3) is 2.57. The van der Waals surface area contributed by atoms with Crippen LogP contribution in [0.2, 0.25) is 0 Å². The van der Waals surface area contributed by atoms with Gasteiger partial charge in [0.25, 0.3) is 0 Å². The minimum Gasteiger partial charge on any atom is -0.324 e. The van der Waals surface area contributed by atoms with Crippen LogP contribution in [0.25, 0.3) is 11.4 Å². The SMILES string of the molecule is Cc1nc(-c2cc(F)ccc2Br)ncc1[C@@H](C)N. The molecule has 0 saturated carbocycles. The second-order valence-corrected chi connectivity index (χ2v) is 5.00. The first-order valence-corrected chi connectivity index (χ1v) is 6.33. The Bertz CT molecular complexity index is 584. The maximum Gasteiger partial charge on any atom is 0.160 e. The first kappa shape index (κ1) is 13.1. The summed E-state index contributed by atoms with van der Waals surface area (Å²) in [5.74, 6) is 0.175. The number of hydrogen-bond acceptors (Lipinski definition) is 3. The molecule has 18 heavy (non-hydrogen) atoms. The first-order chi connectivity index (χ1) is 8.49. The van der Waals surface area contributed by atoms with Gasteiger partial charge >= 0.3 is 0 Å². The highest BCUT2D eigenvalue weighted by Gasteiger charge is 2.11. The summed E-state index contributed by atoms with van der Waals surface area (Å²) in [7, 11) is 0. The van der Waals surface area contributed by atoms with Crippen LogP contribution in [0.3, 0.4) is 0 Å². The molecule has 5 heteroatoms. The van der Waals surface area contributed by atoms with Crippen molar-refractivity contribution in [3.63, 3.8) is 0 Å². The molecule has 0 aliphatic rings. The van der Waals surface area contributed by atoms with Crippen molar-refractivity contribution in [1.82, 2.24) is 9.97 Å². The number of rotatable bonds is 2. The molecule has 1 aromatic carbocycles. The minimum absolute atomic E-state index is 0.116. The summed E-state index contributed by atoms with van der Waals surface area (Å²) in [6.07, 6.45) is 1.69. The number of aromatic nitrogens is 2. The summed E-state index contributed by atoms with van der Waals surface area (Å²) < 4.78 is 14.0. The first-order valence-electron chi connectivity index (χ1n) is 5.53. The van der Waals surface area contributed by atoms with Gasteiger partial charge in [-0.15, -0.1) is 0 Å². The summed E-state index contributed by atoms with van der Waals surface area (Å²) in [5.41, 5.74) is 8.15. The molecule has 0 fully saturated rings. The van der Waals surface area contributed by atoms with Crippen LogP contribution in [0.4, 0.5) is 4.39 Å². The van der Waals surface area contributed by atoms with Crippen LogP contribution in [0.5, 0.6) is 0 Å². The van der Waals surface area contributed by atoms with Crippen molar-refractivity contribution in [2.24, 2.45) is 5.73 Å². The van der Waals surface area contributed by atoms with Gasteiger partial charge in [0.05, 0.1) is 0 Å². The van der Waals surface area contributed by atoms with Crippen molar-refractivity contribution in [1.29, 1.82) is 0 Å². The second-order valence-electron chi connectivity index (χ2n) is 4.15. The van der Waals surface area contributed by atoms with E-state index in [-0.39, 0.29) is 11.9 Å². The zero-order valence-electron chi connectivity index (χ0n) is 10.1. The van der Waals surface area contributed by atoms with Crippen LogP contribution >= 0.6 is 15.9 Å². The predicted molar refractivity (Wildman–Crippen MR) is 72.5 cm³/mol. The maximum atomic E-state index is 13.2. The van der Waals surface area contributed by atoms with Crippen LogP contribution in [0.15, 0.2) is 28.9 Å². The van der Waals surface area contributed by atoms with Gasteiger partial charge < -0.3 is 5.73 Å². The smallest absolute Gasteiger partial charge is 0.160 e. The lowest BCUT2D eigenvalue weighted by Crippen LogP contribution is -2.09. The van der Waals surface area contributed by atoms with E-state index in [0.29, 0.717) is 11.4 Å². The Kier molecular flexibility index (Phi) is 3.73. The number of benzene rings is 1. The van der Waals surface area contributed by atoms with Gasteiger partial charge in [-0.2, -0.15) is 0 Å². The lowest BCUT2D eigenvalue weighted by Gasteiger charge is -2.10. The van der Waals surface area contributed by atoms with Crippen molar-refractivity contribution in [3.8, 4) is 11.4 Å². The molecule has 0 aliphatic heterocycles. The maximum absolute atomic E-state index is 13.2. The van der Waals surface area contributed by atoms with Gasteiger partial charge in [0.15, 0.2) is 5.82 Å². The van der Waals surface area contributed by atoms with E-state index in [1.807, 2.05) is 13.8 Å². The van der Waals surface area contributed by atoms with Crippen LogP contribution in [-0.2, 0) is 0 Å². The zero-order valence-corrected chi connectivity index (χ0v) is 11.7. The Morgan fingerprint density at radius 3 is 2.72 bits per heavy atom. The quantitative estimate of drug-likeness (QED) is 0.925.